The van der Waals surface area contributed by atoms with Crippen LogP contribution in [0.15, 0.2) is 0 Å². The summed E-state index contributed by atoms with van der Waals surface area (Å²) in [4.78, 5) is 14.3. The fourth-order valence-electron chi connectivity index (χ4n) is 2.34. The monoisotopic (exact) mass is 529 g/mol. The molecule has 0 aromatic heterocycles. The SMILES string of the molecule is CC(C)O.O=[PH](O)O.[CH2-]CCCCCCC.[CH2-]CCCCCCC.[CH2-]CCCCCCC.[Ti+3]. The van der Waals surface area contributed by atoms with Crippen molar-refractivity contribution in [1.29, 1.82) is 0 Å². The number of unbranched alkanes of at least 4 members (excludes halogenated alkanes) is 15. The molecule has 6 heteroatoms. The van der Waals surface area contributed by atoms with Gasteiger partial charge in [0.05, 0.1) is 0 Å². The third-order valence-corrected chi connectivity index (χ3v) is 4.06. The van der Waals surface area contributed by atoms with Crippen LogP contribution in [0, 0.1) is 20.8 Å². The van der Waals surface area contributed by atoms with E-state index < -0.39 is 8.25 Å². The first-order chi connectivity index (χ1) is 15.2. The first-order valence-corrected chi connectivity index (χ1v) is 14.5. The Kier molecular flexibility index (Phi) is 77.0. The summed E-state index contributed by atoms with van der Waals surface area (Å²) in [6.07, 6.45) is 23.8. The van der Waals surface area contributed by atoms with Gasteiger partial charge in [0.15, 0.2) is 0 Å². The fourth-order valence-corrected chi connectivity index (χ4v) is 2.34. The summed E-state index contributed by atoms with van der Waals surface area (Å²) in [5.74, 6) is 0. The standard InChI is InChI=1S/3C8H17.C3H8O.H3O3P.Ti/c3*1-3-5-7-8-6-4-2;1-3(2)4;1-4(2)3;/h3*1,3-8H2,2H3;3-4H,1-2H3;4H,(H2,1,2,3);/q3*-1;;;+3. The molecular formula is C27H62O4PTi. The molecule has 0 atom stereocenters. The molecular weight excluding hydrogens is 467 g/mol. The van der Waals surface area contributed by atoms with Crippen molar-refractivity contribution >= 4 is 8.25 Å². The molecule has 0 saturated heterocycles. The van der Waals surface area contributed by atoms with Gasteiger partial charge in [-0.2, -0.15) is 19.3 Å². The van der Waals surface area contributed by atoms with E-state index in [4.69, 9.17) is 19.5 Å². The van der Waals surface area contributed by atoms with Gasteiger partial charge in [0.2, 0.25) is 0 Å². The predicted molar refractivity (Wildman–Crippen MR) is 147 cm³/mol. The molecule has 0 aliphatic carbocycles. The second kappa shape index (κ2) is 53.9. The van der Waals surface area contributed by atoms with E-state index in [1.54, 1.807) is 13.8 Å². The van der Waals surface area contributed by atoms with Crippen molar-refractivity contribution in [3.8, 4) is 0 Å². The summed E-state index contributed by atoms with van der Waals surface area (Å²) in [5, 5.41) is 8.06. The molecule has 33 heavy (non-hydrogen) atoms. The van der Waals surface area contributed by atoms with Gasteiger partial charge >= 0.3 is 30.0 Å². The Bertz CT molecular complexity index is 228. The van der Waals surface area contributed by atoms with Crippen LogP contribution in [0.4, 0.5) is 0 Å². The van der Waals surface area contributed by atoms with E-state index in [0.29, 0.717) is 0 Å². The summed E-state index contributed by atoms with van der Waals surface area (Å²) in [6.45, 7) is 21.5. The normalized spacial score (nSPS) is 9.24. The molecule has 0 spiro atoms. The van der Waals surface area contributed by atoms with Crippen molar-refractivity contribution in [1.82, 2.24) is 0 Å². The van der Waals surface area contributed by atoms with E-state index in [9.17, 15) is 0 Å². The van der Waals surface area contributed by atoms with Crippen LogP contribution in [0.2, 0.25) is 0 Å². The van der Waals surface area contributed by atoms with Gasteiger partial charge in [0.1, 0.15) is 0 Å². The zero-order valence-electron chi connectivity index (χ0n) is 23.2. The molecule has 0 fully saturated rings. The van der Waals surface area contributed by atoms with Gasteiger partial charge < -0.3 is 35.7 Å². The molecule has 0 saturated carbocycles. The first-order valence-electron chi connectivity index (χ1n) is 13.2. The quantitative estimate of drug-likeness (QED) is 0.0855. The third-order valence-electron chi connectivity index (χ3n) is 4.06. The second-order valence-corrected chi connectivity index (χ2v) is 8.74. The van der Waals surface area contributed by atoms with Gasteiger partial charge in [-0.15, -0.1) is 0 Å². The number of aliphatic hydroxyl groups excluding tert-OH is 1. The fraction of sp³-hybridized carbons (Fsp3) is 0.889. The minimum Gasteiger partial charge on any atom is -0.394 e. The molecule has 0 aromatic rings. The van der Waals surface area contributed by atoms with Crippen LogP contribution in [0.1, 0.15) is 150 Å². The van der Waals surface area contributed by atoms with Crippen LogP contribution in [-0.2, 0) is 26.3 Å². The van der Waals surface area contributed by atoms with E-state index in [1.807, 2.05) is 0 Å². The zero-order valence-corrected chi connectivity index (χ0v) is 25.7. The molecule has 0 amide bonds. The number of hydrogen-bond donors (Lipinski definition) is 3. The Morgan fingerprint density at radius 3 is 0.848 bits per heavy atom. The van der Waals surface area contributed by atoms with Crippen LogP contribution in [0.3, 0.4) is 0 Å². The van der Waals surface area contributed by atoms with Gasteiger partial charge in [0.25, 0.3) is 0 Å². The molecule has 0 aliphatic rings. The average molecular weight is 530 g/mol. The Balaban J connectivity index is -0.0000000707. The van der Waals surface area contributed by atoms with Gasteiger partial charge in [-0.05, 0) is 13.8 Å². The van der Waals surface area contributed by atoms with Crippen molar-refractivity contribution in [2.75, 3.05) is 0 Å². The van der Waals surface area contributed by atoms with Crippen molar-refractivity contribution in [2.24, 2.45) is 0 Å². The van der Waals surface area contributed by atoms with Crippen molar-refractivity contribution in [3.63, 3.8) is 0 Å². The molecule has 0 heterocycles. The van der Waals surface area contributed by atoms with Crippen LogP contribution >= 0.6 is 8.25 Å². The van der Waals surface area contributed by atoms with E-state index in [0.717, 1.165) is 19.3 Å². The molecule has 0 rings (SSSR count). The van der Waals surface area contributed by atoms with Crippen LogP contribution < -0.4 is 0 Å². The van der Waals surface area contributed by atoms with Crippen LogP contribution in [-0.4, -0.2) is 21.0 Å². The Morgan fingerprint density at radius 2 is 0.727 bits per heavy atom. The van der Waals surface area contributed by atoms with Gasteiger partial charge in [-0.25, -0.2) is 0 Å². The summed E-state index contributed by atoms with van der Waals surface area (Å²) in [6, 6.07) is 0. The maximum atomic E-state index is 8.74. The van der Waals surface area contributed by atoms with Crippen molar-refractivity contribution in [3.05, 3.63) is 20.8 Å². The van der Waals surface area contributed by atoms with Crippen molar-refractivity contribution < 1.29 is 41.2 Å². The minimum atomic E-state index is -3.13. The maximum Gasteiger partial charge on any atom is 3.00 e. The van der Waals surface area contributed by atoms with Crippen LogP contribution in [0.25, 0.3) is 0 Å². The first kappa shape index (κ1) is 47.1. The summed E-state index contributed by atoms with van der Waals surface area (Å²) in [7, 11) is -3.13. The Labute approximate surface area is 226 Å². The van der Waals surface area contributed by atoms with E-state index in [1.165, 1.54) is 96.3 Å². The number of rotatable bonds is 15. The predicted octanol–water partition coefficient (Wildman–Crippen LogP) is 9.29. The van der Waals surface area contributed by atoms with Gasteiger partial charge in [0, 0.05) is 6.10 Å². The zero-order chi connectivity index (χ0) is 25.9. The molecule has 3 N–H and O–H groups in total. The van der Waals surface area contributed by atoms with Gasteiger partial charge in [-0.3, -0.25) is 4.57 Å². The summed E-state index contributed by atoms with van der Waals surface area (Å²) >= 11 is 0. The molecule has 203 valence electrons. The topological polar surface area (TPSA) is 77.8 Å². The molecule has 0 aromatic carbocycles. The Hall–Kier alpha value is 0.824. The third kappa shape index (κ3) is 125. The molecule has 4 nitrogen and oxygen atoms in total. The largest absolute Gasteiger partial charge is 3.00 e. The van der Waals surface area contributed by atoms with E-state index >= 15 is 0 Å². The Morgan fingerprint density at radius 1 is 0.576 bits per heavy atom. The number of aliphatic hydroxyl groups is 1. The van der Waals surface area contributed by atoms with Gasteiger partial charge in [-0.1, -0.05) is 117 Å². The summed E-state index contributed by atoms with van der Waals surface area (Å²) < 4.78 is 8.74. The van der Waals surface area contributed by atoms with Crippen molar-refractivity contribution in [2.45, 2.75) is 156 Å². The van der Waals surface area contributed by atoms with E-state index in [2.05, 4.69) is 41.5 Å². The molecule has 0 bridgehead atoms. The smallest absolute Gasteiger partial charge is 0.394 e. The number of hydrogen-bond acceptors (Lipinski definition) is 2. The second-order valence-electron chi connectivity index (χ2n) is 8.18. The summed E-state index contributed by atoms with van der Waals surface area (Å²) in [5.41, 5.74) is 0. The van der Waals surface area contributed by atoms with Crippen LogP contribution in [0.5, 0.6) is 0 Å². The maximum absolute atomic E-state index is 8.74. The van der Waals surface area contributed by atoms with E-state index in [-0.39, 0.29) is 27.8 Å². The molecule has 0 unspecified atom stereocenters. The molecule has 1 radical (unpaired) electrons. The molecule has 0 aliphatic heterocycles. The minimum absolute atomic E-state index is 0. The average Bonchev–Trinajstić information content (AvgIpc) is 2.72.